The predicted molar refractivity (Wildman–Crippen MR) is 60.4 cm³/mol. The number of carboxylic acid groups (broad SMARTS) is 1. The van der Waals surface area contributed by atoms with E-state index in [2.05, 4.69) is 11.9 Å². The maximum Gasteiger partial charge on any atom is 0.404 e. The lowest BCUT2D eigenvalue weighted by Crippen LogP contribution is -2.55. The first-order valence-corrected chi connectivity index (χ1v) is 5.67. The second-order valence-corrected chi connectivity index (χ2v) is 4.40. The molecule has 3 N–H and O–H groups in total. The highest BCUT2D eigenvalue weighted by molar-refractivity contribution is 5.88. The normalized spacial score (nSPS) is 24.8. The summed E-state index contributed by atoms with van der Waals surface area (Å²) >= 11 is 0. The molecule has 1 rings (SSSR count). The smallest absolute Gasteiger partial charge is 0.404 e. The molecule has 0 bridgehead atoms. The zero-order valence-electron chi connectivity index (χ0n) is 10.1. The Morgan fingerprint density at radius 2 is 2.16 bits per heavy atom. The van der Waals surface area contributed by atoms with Crippen LogP contribution in [0.5, 0.6) is 0 Å². The summed E-state index contributed by atoms with van der Waals surface area (Å²) in [5.74, 6) is -2.70. The van der Waals surface area contributed by atoms with Crippen LogP contribution in [0.15, 0.2) is 12.7 Å². The van der Waals surface area contributed by atoms with Crippen LogP contribution in [-0.4, -0.2) is 42.3 Å². The topological polar surface area (TPSA) is 78.4 Å². The van der Waals surface area contributed by atoms with Gasteiger partial charge in [-0.3, -0.25) is 4.79 Å². The molecular formula is C11H15F3N2O3. The van der Waals surface area contributed by atoms with Crippen molar-refractivity contribution in [2.75, 3.05) is 13.1 Å². The molecule has 0 aromatic carbocycles. The first kappa shape index (κ1) is 15.5. The third kappa shape index (κ3) is 3.06. The van der Waals surface area contributed by atoms with Gasteiger partial charge in [0.25, 0.3) is 0 Å². The standard InChI is InChI=1S/C11H15F3N2O3/c1-2-3-7(8(17)18)16-9(19)10(11(12,13)14)4-5-15-6-10/h2,7,15H,1,3-6H2,(H,16,19)(H,17,18). The van der Waals surface area contributed by atoms with Crippen molar-refractivity contribution in [3.8, 4) is 0 Å². The number of hydrogen-bond acceptors (Lipinski definition) is 3. The highest BCUT2D eigenvalue weighted by atomic mass is 19.4. The Morgan fingerprint density at radius 1 is 1.53 bits per heavy atom. The third-order valence-electron chi connectivity index (χ3n) is 3.14. The van der Waals surface area contributed by atoms with Gasteiger partial charge in [0, 0.05) is 6.54 Å². The van der Waals surface area contributed by atoms with E-state index in [1.807, 2.05) is 5.32 Å². The molecule has 1 aliphatic heterocycles. The molecule has 19 heavy (non-hydrogen) atoms. The molecule has 1 saturated heterocycles. The van der Waals surface area contributed by atoms with Gasteiger partial charge < -0.3 is 15.7 Å². The summed E-state index contributed by atoms with van der Waals surface area (Å²) in [7, 11) is 0. The van der Waals surface area contributed by atoms with Crippen molar-refractivity contribution in [3.63, 3.8) is 0 Å². The Labute approximate surface area is 107 Å². The van der Waals surface area contributed by atoms with E-state index in [0.717, 1.165) is 0 Å². The number of nitrogens with one attached hydrogen (secondary N) is 2. The Kier molecular flexibility index (Phi) is 4.56. The molecule has 0 saturated carbocycles. The summed E-state index contributed by atoms with van der Waals surface area (Å²) < 4.78 is 39.1. The second-order valence-electron chi connectivity index (χ2n) is 4.40. The number of alkyl halides is 3. The first-order valence-electron chi connectivity index (χ1n) is 5.67. The maximum atomic E-state index is 13.0. The van der Waals surface area contributed by atoms with Crippen LogP contribution in [-0.2, 0) is 9.59 Å². The van der Waals surface area contributed by atoms with E-state index in [1.165, 1.54) is 6.08 Å². The van der Waals surface area contributed by atoms with Crippen LogP contribution in [0.1, 0.15) is 12.8 Å². The molecule has 5 nitrogen and oxygen atoms in total. The minimum absolute atomic E-state index is 0.0616. The van der Waals surface area contributed by atoms with Gasteiger partial charge in [0.05, 0.1) is 0 Å². The molecule has 8 heteroatoms. The fraction of sp³-hybridized carbons (Fsp3) is 0.636. The summed E-state index contributed by atoms with van der Waals surface area (Å²) in [5, 5.41) is 13.2. The van der Waals surface area contributed by atoms with Crippen LogP contribution < -0.4 is 10.6 Å². The van der Waals surface area contributed by atoms with Gasteiger partial charge in [-0.1, -0.05) is 6.08 Å². The maximum absolute atomic E-state index is 13.0. The molecule has 1 aliphatic rings. The molecule has 1 heterocycles. The van der Waals surface area contributed by atoms with Crippen molar-refractivity contribution in [2.45, 2.75) is 25.1 Å². The molecule has 2 atom stereocenters. The van der Waals surface area contributed by atoms with Crippen LogP contribution in [0.25, 0.3) is 0 Å². The van der Waals surface area contributed by atoms with Gasteiger partial charge in [0.15, 0.2) is 5.41 Å². The van der Waals surface area contributed by atoms with Gasteiger partial charge in [0.1, 0.15) is 6.04 Å². The second kappa shape index (κ2) is 5.60. The molecule has 0 radical (unpaired) electrons. The van der Waals surface area contributed by atoms with Crippen LogP contribution in [0, 0.1) is 5.41 Å². The summed E-state index contributed by atoms with van der Waals surface area (Å²) in [5.41, 5.74) is -2.55. The van der Waals surface area contributed by atoms with Crippen molar-refractivity contribution in [1.29, 1.82) is 0 Å². The predicted octanol–water partition coefficient (Wildman–Crippen LogP) is 0.674. The van der Waals surface area contributed by atoms with Crippen molar-refractivity contribution < 1.29 is 27.9 Å². The fourth-order valence-corrected chi connectivity index (χ4v) is 1.94. The van der Waals surface area contributed by atoms with E-state index >= 15 is 0 Å². The number of rotatable bonds is 5. The first-order chi connectivity index (χ1) is 8.74. The highest BCUT2D eigenvalue weighted by Crippen LogP contribution is 2.43. The quantitative estimate of drug-likeness (QED) is 0.647. The lowest BCUT2D eigenvalue weighted by molar-refractivity contribution is -0.216. The number of hydrogen-bond donors (Lipinski definition) is 3. The van der Waals surface area contributed by atoms with E-state index in [1.54, 1.807) is 0 Å². The third-order valence-corrected chi connectivity index (χ3v) is 3.14. The Morgan fingerprint density at radius 3 is 2.53 bits per heavy atom. The minimum atomic E-state index is -4.72. The molecule has 0 spiro atoms. The summed E-state index contributed by atoms with van der Waals surface area (Å²) in [6.07, 6.45) is -4.03. The van der Waals surface area contributed by atoms with Gasteiger partial charge in [-0.05, 0) is 19.4 Å². The van der Waals surface area contributed by atoms with Crippen molar-refractivity contribution in [2.24, 2.45) is 5.41 Å². The van der Waals surface area contributed by atoms with E-state index in [0.29, 0.717) is 0 Å². The lowest BCUT2D eigenvalue weighted by Gasteiger charge is -2.30. The molecule has 108 valence electrons. The van der Waals surface area contributed by atoms with Gasteiger partial charge >= 0.3 is 12.1 Å². The monoisotopic (exact) mass is 280 g/mol. The molecular weight excluding hydrogens is 265 g/mol. The summed E-state index contributed by atoms with van der Waals surface area (Å²) in [4.78, 5) is 22.7. The van der Waals surface area contributed by atoms with Gasteiger partial charge in [-0.15, -0.1) is 6.58 Å². The van der Waals surface area contributed by atoms with Crippen LogP contribution in [0.2, 0.25) is 0 Å². The zero-order chi connectivity index (χ0) is 14.7. The number of aliphatic carboxylic acids is 1. The number of halogens is 3. The number of carbonyl (C=O) groups is 2. The molecule has 1 amide bonds. The summed E-state index contributed by atoms with van der Waals surface area (Å²) in [6.45, 7) is 2.83. The van der Waals surface area contributed by atoms with Gasteiger partial charge in [0.2, 0.25) is 5.91 Å². The lowest BCUT2D eigenvalue weighted by atomic mass is 9.85. The van der Waals surface area contributed by atoms with Crippen molar-refractivity contribution >= 4 is 11.9 Å². The number of carboxylic acids is 1. The minimum Gasteiger partial charge on any atom is -0.480 e. The van der Waals surface area contributed by atoms with E-state index in [4.69, 9.17) is 5.11 Å². The Hall–Kier alpha value is -1.57. The Balaban J connectivity index is 2.90. The van der Waals surface area contributed by atoms with Crippen molar-refractivity contribution in [1.82, 2.24) is 10.6 Å². The van der Waals surface area contributed by atoms with E-state index in [9.17, 15) is 22.8 Å². The largest absolute Gasteiger partial charge is 0.480 e. The molecule has 0 aromatic rings. The van der Waals surface area contributed by atoms with Crippen molar-refractivity contribution in [3.05, 3.63) is 12.7 Å². The highest BCUT2D eigenvalue weighted by Gasteiger charge is 2.61. The summed E-state index contributed by atoms with van der Waals surface area (Å²) in [6, 6.07) is -1.40. The zero-order valence-corrected chi connectivity index (χ0v) is 10.1. The van der Waals surface area contributed by atoms with Gasteiger partial charge in [-0.25, -0.2) is 4.79 Å². The fourth-order valence-electron chi connectivity index (χ4n) is 1.94. The van der Waals surface area contributed by atoms with Gasteiger partial charge in [-0.2, -0.15) is 13.2 Å². The average molecular weight is 280 g/mol. The molecule has 2 unspecified atom stereocenters. The molecule has 0 aromatic heterocycles. The van der Waals surface area contributed by atoms with Crippen LogP contribution in [0.4, 0.5) is 13.2 Å². The van der Waals surface area contributed by atoms with E-state index < -0.39 is 42.5 Å². The molecule has 0 aliphatic carbocycles. The van der Waals surface area contributed by atoms with E-state index in [-0.39, 0.29) is 13.0 Å². The number of amides is 1. The Bertz CT molecular complexity index is 376. The van der Waals surface area contributed by atoms with Crippen LogP contribution in [0.3, 0.4) is 0 Å². The van der Waals surface area contributed by atoms with Crippen LogP contribution >= 0.6 is 0 Å². The number of carbonyl (C=O) groups excluding carboxylic acids is 1. The molecule has 1 fully saturated rings. The average Bonchev–Trinajstić information content (AvgIpc) is 2.77. The SMILES string of the molecule is C=CCC(NC(=O)C1(C(F)(F)F)CCNC1)C(=O)O.